The molecule has 1 rings (SSSR count). The Morgan fingerprint density at radius 2 is 1.61 bits per heavy atom. The van der Waals surface area contributed by atoms with E-state index in [2.05, 4.69) is 4.74 Å². The number of para-hydroxylation sites is 2. The van der Waals surface area contributed by atoms with Crippen LogP contribution in [-0.2, 0) is 14.3 Å². The molecule has 5 heteroatoms. The molecule has 0 radical (unpaired) electrons. The van der Waals surface area contributed by atoms with Gasteiger partial charge in [0, 0.05) is 13.3 Å². The molecule has 0 fully saturated rings. The van der Waals surface area contributed by atoms with Gasteiger partial charge in [0.15, 0.2) is 11.5 Å². The van der Waals surface area contributed by atoms with E-state index in [1.54, 1.807) is 32.2 Å². The van der Waals surface area contributed by atoms with Gasteiger partial charge in [0.2, 0.25) is 0 Å². The lowest BCUT2D eigenvalue weighted by atomic mass is 10.3. The summed E-state index contributed by atoms with van der Waals surface area (Å²) >= 11 is 0. The lowest BCUT2D eigenvalue weighted by molar-refractivity contribution is -0.138. The van der Waals surface area contributed by atoms with Gasteiger partial charge in [-0.3, -0.25) is 9.59 Å². The Labute approximate surface area is 107 Å². The Bertz CT molecular complexity index is 387. The molecule has 0 bridgehead atoms. The first-order chi connectivity index (χ1) is 8.54. The van der Waals surface area contributed by atoms with E-state index < -0.39 is 0 Å². The van der Waals surface area contributed by atoms with Crippen molar-refractivity contribution in [2.45, 2.75) is 20.3 Å². The molecule has 0 amide bonds. The number of hydrogen-bond acceptors (Lipinski definition) is 5. The summed E-state index contributed by atoms with van der Waals surface area (Å²) in [5.41, 5.74) is 0. The number of benzene rings is 1. The number of carbonyl (C=O) groups excluding carboxylic acids is 2. The summed E-state index contributed by atoms with van der Waals surface area (Å²) in [4.78, 5) is 20.6. The van der Waals surface area contributed by atoms with E-state index in [1.165, 1.54) is 14.0 Å². The largest absolute Gasteiger partial charge is 0.493 e. The van der Waals surface area contributed by atoms with Gasteiger partial charge in [0.1, 0.15) is 0 Å². The van der Waals surface area contributed by atoms with E-state index in [0.717, 1.165) is 0 Å². The molecule has 0 N–H and O–H groups in total. The normalized spacial score (nSPS) is 8.67. The minimum absolute atomic E-state index is 0.245. The molecular formula is C13H18O5. The molecule has 0 heterocycles. The number of esters is 2. The molecule has 0 spiro atoms. The zero-order valence-electron chi connectivity index (χ0n) is 11.1. The highest BCUT2D eigenvalue weighted by Crippen LogP contribution is 2.25. The summed E-state index contributed by atoms with van der Waals surface area (Å²) in [6.45, 7) is 3.11. The Morgan fingerprint density at radius 3 is 2.00 bits per heavy atom. The van der Waals surface area contributed by atoms with Crippen LogP contribution in [0.1, 0.15) is 20.3 Å². The van der Waals surface area contributed by atoms with Crippen LogP contribution in [0.3, 0.4) is 0 Å². The maximum Gasteiger partial charge on any atom is 0.311 e. The number of carbonyl (C=O) groups is 2. The summed E-state index contributed by atoms with van der Waals surface area (Å²) in [5.74, 6) is 0.538. The van der Waals surface area contributed by atoms with Gasteiger partial charge < -0.3 is 14.2 Å². The molecule has 0 aromatic heterocycles. The standard InChI is InChI=1S/C10H12O3.C3H6O2/c1-3-10(11)13-9-7-5-4-6-8(9)12-2;1-3(4)5-2/h4-7H,3H2,1-2H3;1-2H3. The smallest absolute Gasteiger partial charge is 0.311 e. The zero-order valence-corrected chi connectivity index (χ0v) is 11.1. The molecule has 0 saturated heterocycles. The second kappa shape index (κ2) is 9.04. The number of rotatable bonds is 3. The van der Waals surface area contributed by atoms with Crippen molar-refractivity contribution in [3.63, 3.8) is 0 Å². The lowest BCUT2D eigenvalue weighted by Gasteiger charge is -2.07. The first-order valence-electron chi connectivity index (χ1n) is 5.43. The van der Waals surface area contributed by atoms with E-state index in [4.69, 9.17) is 9.47 Å². The van der Waals surface area contributed by atoms with Crippen molar-refractivity contribution in [2.75, 3.05) is 14.2 Å². The van der Waals surface area contributed by atoms with Gasteiger partial charge in [0.25, 0.3) is 0 Å². The first kappa shape index (κ1) is 16.0. The van der Waals surface area contributed by atoms with Crippen LogP contribution in [0.2, 0.25) is 0 Å². The van der Waals surface area contributed by atoms with Gasteiger partial charge in [0.05, 0.1) is 14.2 Å². The van der Waals surface area contributed by atoms with E-state index in [0.29, 0.717) is 17.9 Å². The third-order valence-corrected chi connectivity index (χ3v) is 1.87. The quantitative estimate of drug-likeness (QED) is 0.611. The average Bonchev–Trinajstić information content (AvgIpc) is 2.39. The fourth-order valence-electron chi connectivity index (χ4n) is 0.898. The summed E-state index contributed by atoms with van der Waals surface area (Å²) in [5, 5.41) is 0. The summed E-state index contributed by atoms with van der Waals surface area (Å²) in [6, 6.07) is 7.06. The molecule has 1 aromatic rings. The Hall–Kier alpha value is -2.04. The van der Waals surface area contributed by atoms with Crippen LogP contribution >= 0.6 is 0 Å². The summed E-state index contributed by atoms with van der Waals surface area (Å²) in [7, 11) is 2.89. The monoisotopic (exact) mass is 254 g/mol. The maximum absolute atomic E-state index is 11.0. The van der Waals surface area contributed by atoms with E-state index in [1.807, 2.05) is 6.07 Å². The number of ether oxygens (including phenoxy) is 3. The molecule has 0 aliphatic carbocycles. The highest BCUT2D eigenvalue weighted by molar-refractivity contribution is 5.72. The average molecular weight is 254 g/mol. The molecule has 0 unspecified atom stereocenters. The van der Waals surface area contributed by atoms with E-state index in [9.17, 15) is 9.59 Å². The number of hydrogen-bond donors (Lipinski definition) is 0. The van der Waals surface area contributed by atoms with Crippen LogP contribution < -0.4 is 9.47 Å². The summed E-state index contributed by atoms with van der Waals surface area (Å²) < 4.78 is 14.1. The summed E-state index contributed by atoms with van der Waals surface area (Å²) in [6.07, 6.45) is 0.359. The second-order valence-corrected chi connectivity index (χ2v) is 3.17. The predicted molar refractivity (Wildman–Crippen MR) is 66.6 cm³/mol. The predicted octanol–water partition coefficient (Wildman–Crippen LogP) is 2.19. The Balaban J connectivity index is 0.000000494. The molecular weight excluding hydrogens is 236 g/mol. The van der Waals surface area contributed by atoms with Crippen LogP contribution in [0.5, 0.6) is 11.5 Å². The van der Waals surface area contributed by atoms with E-state index in [-0.39, 0.29) is 11.9 Å². The van der Waals surface area contributed by atoms with Crippen LogP contribution in [0.15, 0.2) is 24.3 Å². The first-order valence-corrected chi connectivity index (χ1v) is 5.43. The van der Waals surface area contributed by atoms with Crippen LogP contribution in [0.4, 0.5) is 0 Å². The molecule has 0 aliphatic rings. The van der Waals surface area contributed by atoms with Crippen molar-refractivity contribution in [1.29, 1.82) is 0 Å². The fourth-order valence-corrected chi connectivity index (χ4v) is 0.898. The second-order valence-electron chi connectivity index (χ2n) is 3.17. The number of methoxy groups -OCH3 is 2. The fraction of sp³-hybridized carbons (Fsp3) is 0.385. The van der Waals surface area contributed by atoms with Gasteiger partial charge >= 0.3 is 11.9 Å². The van der Waals surface area contributed by atoms with Gasteiger partial charge in [-0.25, -0.2) is 0 Å². The molecule has 0 saturated carbocycles. The molecule has 18 heavy (non-hydrogen) atoms. The third-order valence-electron chi connectivity index (χ3n) is 1.87. The van der Waals surface area contributed by atoms with Crippen molar-refractivity contribution in [3.8, 4) is 11.5 Å². The molecule has 0 aliphatic heterocycles. The minimum atomic E-state index is -0.260. The van der Waals surface area contributed by atoms with Crippen molar-refractivity contribution in [2.24, 2.45) is 0 Å². The van der Waals surface area contributed by atoms with Crippen molar-refractivity contribution in [3.05, 3.63) is 24.3 Å². The van der Waals surface area contributed by atoms with Crippen LogP contribution in [-0.4, -0.2) is 26.2 Å². The maximum atomic E-state index is 11.0. The van der Waals surface area contributed by atoms with Gasteiger partial charge in [-0.15, -0.1) is 0 Å². The topological polar surface area (TPSA) is 61.8 Å². The molecule has 5 nitrogen and oxygen atoms in total. The third kappa shape index (κ3) is 6.52. The van der Waals surface area contributed by atoms with Crippen molar-refractivity contribution >= 4 is 11.9 Å². The molecule has 1 aromatic carbocycles. The van der Waals surface area contributed by atoms with E-state index >= 15 is 0 Å². The zero-order chi connectivity index (χ0) is 14.0. The molecule has 100 valence electrons. The van der Waals surface area contributed by atoms with Crippen LogP contribution in [0.25, 0.3) is 0 Å². The van der Waals surface area contributed by atoms with Gasteiger partial charge in [-0.2, -0.15) is 0 Å². The lowest BCUT2D eigenvalue weighted by Crippen LogP contribution is -2.06. The SMILES string of the molecule is CCC(=O)Oc1ccccc1OC.COC(C)=O. The highest BCUT2D eigenvalue weighted by atomic mass is 16.6. The van der Waals surface area contributed by atoms with Crippen molar-refractivity contribution < 1.29 is 23.8 Å². The van der Waals surface area contributed by atoms with Crippen LogP contribution in [0, 0.1) is 0 Å². The van der Waals surface area contributed by atoms with Gasteiger partial charge in [-0.1, -0.05) is 19.1 Å². The minimum Gasteiger partial charge on any atom is -0.493 e. The highest BCUT2D eigenvalue weighted by Gasteiger charge is 2.06. The van der Waals surface area contributed by atoms with Crippen molar-refractivity contribution in [1.82, 2.24) is 0 Å². The molecule has 0 atom stereocenters. The van der Waals surface area contributed by atoms with Gasteiger partial charge in [-0.05, 0) is 12.1 Å². The Morgan fingerprint density at radius 1 is 1.11 bits per heavy atom. The Kier molecular flexibility index (Phi) is 8.01.